The standard InChI is InChI=1S/C24H23N3O4/c1-29-23-12-17(11-20(14-26)24(28)27-15-21-7-4-10-30-21)8-9-22(23)31-16-19-6-3-2-5-18(19)13-25/h2-3,5-6,8-9,11-12,21H,4,7,10,15-16H2,1H3,(H,27,28)/b20-11+/t21-/m0/s1. The van der Waals surface area contributed by atoms with Crippen LogP contribution in [0.4, 0.5) is 0 Å². The van der Waals surface area contributed by atoms with Gasteiger partial charge in [-0.15, -0.1) is 0 Å². The summed E-state index contributed by atoms with van der Waals surface area (Å²) in [5.74, 6) is 0.513. The Bertz CT molecular complexity index is 1040. The Morgan fingerprint density at radius 3 is 2.81 bits per heavy atom. The molecule has 1 atom stereocenters. The number of carbonyl (C=O) groups excluding carboxylic acids is 1. The molecule has 0 aliphatic carbocycles. The lowest BCUT2D eigenvalue weighted by molar-refractivity contribution is -0.117. The van der Waals surface area contributed by atoms with E-state index < -0.39 is 5.91 Å². The number of benzene rings is 2. The van der Waals surface area contributed by atoms with Gasteiger partial charge in [-0.25, -0.2) is 0 Å². The van der Waals surface area contributed by atoms with Crippen LogP contribution >= 0.6 is 0 Å². The third kappa shape index (κ3) is 5.85. The molecule has 1 saturated heterocycles. The van der Waals surface area contributed by atoms with Crippen molar-refractivity contribution in [3.05, 3.63) is 64.7 Å². The summed E-state index contributed by atoms with van der Waals surface area (Å²) in [6.45, 7) is 1.31. The SMILES string of the molecule is COc1cc(/C=C(\C#N)C(=O)NC[C@@H]2CCCO2)ccc1OCc1ccccc1C#N. The van der Waals surface area contributed by atoms with Crippen LogP contribution in [0.25, 0.3) is 6.08 Å². The van der Waals surface area contributed by atoms with Gasteiger partial charge >= 0.3 is 0 Å². The van der Waals surface area contributed by atoms with Crippen molar-refractivity contribution in [1.82, 2.24) is 5.32 Å². The normalized spacial score (nSPS) is 15.6. The Morgan fingerprint density at radius 2 is 2.10 bits per heavy atom. The topological polar surface area (TPSA) is 104 Å². The number of nitriles is 2. The van der Waals surface area contributed by atoms with Gasteiger partial charge in [-0.3, -0.25) is 4.79 Å². The first kappa shape index (κ1) is 21.9. The molecule has 1 amide bonds. The van der Waals surface area contributed by atoms with Gasteiger partial charge in [-0.1, -0.05) is 24.3 Å². The fourth-order valence-corrected chi connectivity index (χ4v) is 3.23. The van der Waals surface area contributed by atoms with Crippen molar-refractivity contribution in [2.24, 2.45) is 0 Å². The van der Waals surface area contributed by atoms with Gasteiger partial charge in [0.25, 0.3) is 5.91 Å². The molecule has 1 aliphatic heterocycles. The van der Waals surface area contributed by atoms with Crippen molar-refractivity contribution >= 4 is 12.0 Å². The van der Waals surface area contributed by atoms with Crippen LogP contribution in [0.2, 0.25) is 0 Å². The highest BCUT2D eigenvalue weighted by Crippen LogP contribution is 2.30. The first-order chi connectivity index (χ1) is 15.1. The molecule has 1 N–H and O–H groups in total. The second-order valence-electron chi connectivity index (χ2n) is 6.98. The first-order valence-corrected chi connectivity index (χ1v) is 9.95. The second kappa shape index (κ2) is 10.8. The molecule has 0 unspecified atom stereocenters. The highest BCUT2D eigenvalue weighted by atomic mass is 16.5. The van der Waals surface area contributed by atoms with Crippen LogP contribution in [0.3, 0.4) is 0 Å². The Labute approximate surface area is 181 Å². The molecule has 1 aliphatic rings. The maximum atomic E-state index is 12.3. The number of amides is 1. The van der Waals surface area contributed by atoms with Crippen molar-refractivity contribution in [2.45, 2.75) is 25.6 Å². The number of nitrogens with one attached hydrogen (secondary N) is 1. The Balaban J connectivity index is 1.69. The van der Waals surface area contributed by atoms with E-state index in [2.05, 4.69) is 11.4 Å². The number of rotatable bonds is 8. The minimum Gasteiger partial charge on any atom is -0.493 e. The predicted octanol–water partition coefficient (Wildman–Crippen LogP) is 3.35. The van der Waals surface area contributed by atoms with E-state index in [9.17, 15) is 15.3 Å². The molecule has 2 aromatic carbocycles. The minimum absolute atomic E-state index is 0.00309. The van der Waals surface area contributed by atoms with E-state index in [4.69, 9.17) is 14.2 Å². The van der Waals surface area contributed by atoms with Gasteiger partial charge in [0.1, 0.15) is 18.2 Å². The molecule has 7 nitrogen and oxygen atoms in total. The van der Waals surface area contributed by atoms with Crippen LogP contribution in [-0.2, 0) is 16.1 Å². The van der Waals surface area contributed by atoms with Crippen molar-refractivity contribution in [2.75, 3.05) is 20.3 Å². The molecule has 31 heavy (non-hydrogen) atoms. The summed E-state index contributed by atoms with van der Waals surface area (Å²) in [5.41, 5.74) is 1.95. The molecule has 0 bridgehead atoms. The summed E-state index contributed by atoms with van der Waals surface area (Å²) in [7, 11) is 1.51. The largest absolute Gasteiger partial charge is 0.493 e. The molecule has 2 aromatic rings. The van der Waals surface area contributed by atoms with Crippen molar-refractivity contribution < 1.29 is 19.0 Å². The number of methoxy groups -OCH3 is 1. The summed E-state index contributed by atoms with van der Waals surface area (Å²) in [6, 6.07) is 16.4. The van der Waals surface area contributed by atoms with E-state index in [1.807, 2.05) is 18.2 Å². The smallest absolute Gasteiger partial charge is 0.262 e. The molecule has 0 radical (unpaired) electrons. The van der Waals surface area contributed by atoms with Gasteiger partial charge in [0.2, 0.25) is 0 Å². The highest BCUT2D eigenvalue weighted by molar-refractivity contribution is 6.01. The Morgan fingerprint density at radius 1 is 1.26 bits per heavy atom. The van der Waals surface area contributed by atoms with Gasteiger partial charge in [-0.2, -0.15) is 10.5 Å². The maximum Gasteiger partial charge on any atom is 0.262 e. The van der Waals surface area contributed by atoms with Crippen LogP contribution in [0.1, 0.15) is 29.5 Å². The number of hydrogen-bond acceptors (Lipinski definition) is 6. The zero-order chi connectivity index (χ0) is 22.1. The highest BCUT2D eigenvalue weighted by Gasteiger charge is 2.18. The lowest BCUT2D eigenvalue weighted by atomic mass is 10.1. The van der Waals surface area contributed by atoms with Gasteiger partial charge in [0.15, 0.2) is 11.5 Å². The monoisotopic (exact) mass is 417 g/mol. The van der Waals surface area contributed by atoms with Gasteiger partial charge in [0.05, 0.1) is 24.8 Å². The van der Waals surface area contributed by atoms with E-state index in [1.165, 1.54) is 13.2 Å². The van der Waals surface area contributed by atoms with E-state index in [1.54, 1.807) is 30.3 Å². The zero-order valence-corrected chi connectivity index (χ0v) is 17.3. The summed E-state index contributed by atoms with van der Waals surface area (Å²) in [5, 5.41) is 21.3. The van der Waals surface area contributed by atoms with Crippen LogP contribution < -0.4 is 14.8 Å². The molecule has 1 fully saturated rings. The van der Waals surface area contributed by atoms with E-state index in [0.717, 1.165) is 18.4 Å². The molecule has 0 saturated carbocycles. The van der Waals surface area contributed by atoms with E-state index in [-0.39, 0.29) is 18.3 Å². The van der Waals surface area contributed by atoms with Crippen LogP contribution in [0, 0.1) is 22.7 Å². The predicted molar refractivity (Wildman–Crippen MR) is 114 cm³/mol. The fourth-order valence-electron chi connectivity index (χ4n) is 3.23. The van der Waals surface area contributed by atoms with Crippen molar-refractivity contribution in [3.8, 4) is 23.6 Å². The van der Waals surface area contributed by atoms with Crippen molar-refractivity contribution in [1.29, 1.82) is 10.5 Å². The summed E-state index contributed by atoms with van der Waals surface area (Å²) < 4.78 is 16.7. The average Bonchev–Trinajstić information content (AvgIpc) is 3.33. The summed E-state index contributed by atoms with van der Waals surface area (Å²) in [6.07, 6.45) is 3.40. The number of hydrogen-bond donors (Lipinski definition) is 1. The maximum absolute atomic E-state index is 12.3. The number of carbonyl (C=O) groups is 1. The van der Waals surface area contributed by atoms with Crippen molar-refractivity contribution in [3.63, 3.8) is 0 Å². The second-order valence-corrected chi connectivity index (χ2v) is 6.98. The van der Waals surface area contributed by atoms with Gasteiger partial charge in [0, 0.05) is 18.7 Å². The molecule has 7 heteroatoms. The molecule has 3 rings (SSSR count). The molecular weight excluding hydrogens is 394 g/mol. The quantitative estimate of drug-likeness (QED) is 0.522. The van der Waals surface area contributed by atoms with E-state index in [0.29, 0.717) is 35.8 Å². The van der Waals surface area contributed by atoms with Gasteiger partial charge in [-0.05, 0) is 42.7 Å². The van der Waals surface area contributed by atoms with Crippen LogP contribution in [0.15, 0.2) is 48.0 Å². The Kier molecular flexibility index (Phi) is 7.64. The molecular formula is C24H23N3O4. The molecule has 158 valence electrons. The first-order valence-electron chi connectivity index (χ1n) is 9.95. The molecule has 1 heterocycles. The lowest BCUT2D eigenvalue weighted by Gasteiger charge is -2.12. The Hall–Kier alpha value is -3.81. The fraction of sp³-hybridized carbons (Fsp3) is 0.292. The third-order valence-electron chi connectivity index (χ3n) is 4.90. The third-order valence-corrected chi connectivity index (χ3v) is 4.90. The number of nitrogens with zero attached hydrogens (tertiary/aromatic N) is 2. The van der Waals surface area contributed by atoms with Crippen LogP contribution in [0.5, 0.6) is 11.5 Å². The molecule has 0 aromatic heterocycles. The summed E-state index contributed by atoms with van der Waals surface area (Å²) >= 11 is 0. The van der Waals surface area contributed by atoms with E-state index >= 15 is 0 Å². The lowest BCUT2D eigenvalue weighted by Crippen LogP contribution is -2.32. The van der Waals surface area contributed by atoms with Gasteiger partial charge < -0.3 is 19.5 Å². The zero-order valence-electron chi connectivity index (χ0n) is 17.3. The molecule has 0 spiro atoms. The number of ether oxygens (including phenoxy) is 3. The average molecular weight is 417 g/mol. The minimum atomic E-state index is -0.439. The van der Waals surface area contributed by atoms with Crippen LogP contribution in [-0.4, -0.2) is 32.3 Å². The summed E-state index contributed by atoms with van der Waals surface area (Å²) in [4.78, 5) is 12.3.